The largest absolute Gasteiger partial charge is 0.422 e. The van der Waals surface area contributed by atoms with E-state index < -0.39 is 29.4 Å². The molecule has 1 amide bonds. The molecular weight excluding hydrogens is 562 g/mol. The third-order valence-corrected chi connectivity index (χ3v) is 6.38. The van der Waals surface area contributed by atoms with Gasteiger partial charge in [0.15, 0.2) is 0 Å². The predicted molar refractivity (Wildman–Crippen MR) is 147 cm³/mol. The number of para-hydroxylation sites is 1. The molecule has 0 saturated carbocycles. The van der Waals surface area contributed by atoms with E-state index in [0.29, 0.717) is 33.1 Å². The van der Waals surface area contributed by atoms with Crippen LogP contribution in [0.15, 0.2) is 96.1 Å². The molecule has 0 radical (unpaired) electrons. The van der Waals surface area contributed by atoms with E-state index in [4.69, 9.17) is 16.3 Å². The molecule has 11 heteroatoms. The number of rotatable bonds is 6. The van der Waals surface area contributed by atoms with Crippen LogP contribution in [0.3, 0.4) is 0 Å². The molecule has 0 unspecified atom stereocenters. The number of amides is 1. The maximum absolute atomic E-state index is 14.1. The summed E-state index contributed by atoms with van der Waals surface area (Å²) >= 11 is 6.38. The molecule has 0 aliphatic carbocycles. The number of hydrazone groups is 1. The summed E-state index contributed by atoms with van der Waals surface area (Å²) in [6.45, 7) is 0. The highest BCUT2D eigenvalue weighted by atomic mass is 35.5. The van der Waals surface area contributed by atoms with Gasteiger partial charge >= 0.3 is 12.1 Å². The lowest BCUT2D eigenvalue weighted by atomic mass is 10.0. The molecule has 1 heterocycles. The first kappa shape index (κ1) is 27.6. The Morgan fingerprint density at radius 1 is 0.927 bits per heavy atom. The van der Waals surface area contributed by atoms with Gasteiger partial charge in [-0.25, -0.2) is 14.6 Å². The Labute approximate surface area is 235 Å². The van der Waals surface area contributed by atoms with E-state index in [1.54, 1.807) is 36.4 Å². The summed E-state index contributed by atoms with van der Waals surface area (Å²) in [5.74, 6) is -2.15. The summed E-state index contributed by atoms with van der Waals surface area (Å²) in [4.78, 5) is 28.7. The van der Waals surface area contributed by atoms with Crippen LogP contribution < -0.4 is 10.2 Å². The number of hydrogen-bond donors (Lipinski definition) is 2. The summed E-state index contributed by atoms with van der Waals surface area (Å²) in [5, 5.41) is 4.76. The third kappa shape index (κ3) is 5.97. The molecule has 0 bridgehead atoms. The summed E-state index contributed by atoms with van der Waals surface area (Å²) in [7, 11) is 0. The number of H-pyrrole nitrogens is 1. The molecule has 0 aliphatic heterocycles. The van der Waals surface area contributed by atoms with Crippen LogP contribution in [0, 0.1) is 5.82 Å². The van der Waals surface area contributed by atoms with Gasteiger partial charge in [-0.05, 0) is 54.6 Å². The predicted octanol–water partition coefficient (Wildman–Crippen LogP) is 7.63. The zero-order chi connectivity index (χ0) is 29.1. The number of ether oxygens (including phenoxy) is 1. The van der Waals surface area contributed by atoms with Crippen LogP contribution >= 0.6 is 11.6 Å². The minimum Gasteiger partial charge on any atom is -0.422 e. The first-order chi connectivity index (χ1) is 19.6. The van der Waals surface area contributed by atoms with Crippen molar-refractivity contribution in [3.8, 4) is 16.9 Å². The van der Waals surface area contributed by atoms with Crippen molar-refractivity contribution in [2.45, 2.75) is 6.18 Å². The Hall–Kier alpha value is -4.96. The molecule has 2 N–H and O–H groups in total. The lowest BCUT2D eigenvalue weighted by Crippen LogP contribution is -2.19. The second-order valence-corrected chi connectivity index (χ2v) is 9.16. The van der Waals surface area contributed by atoms with Gasteiger partial charge in [0.2, 0.25) is 0 Å². The van der Waals surface area contributed by atoms with Crippen LogP contribution in [-0.4, -0.2) is 23.1 Å². The fraction of sp³-hybridized carbons (Fsp3) is 0.0333. The second kappa shape index (κ2) is 11.3. The van der Waals surface area contributed by atoms with Gasteiger partial charge in [0.1, 0.15) is 17.3 Å². The number of nitrogens with zero attached hydrogens (tertiary/aromatic N) is 1. The SMILES string of the molecule is O=C(Oc1ccccc1C=NNC(=O)c1[nH]c2ccc(F)cc2c1-c1ccccc1Cl)c1cccc(C(F)(F)F)c1. The zero-order valence-electron chi connectivity index (χ0n) is 20.8. The number of alkyl halides is 3. The van der Waals surface area contributed by atoms with E-state index in [9.17, 15) is 27.2 Å². The monoisotopic (exact) mass is 579 g/mol. The van der Waals surface area contributed by atoms with Crippen molar-refractivity contribution in [1.29, 1.82) is 0 Å². The highest BCUT2D eigenvalue weighted by Gasteiger charge is 2.31. The fourth-order valence-electron chi connectivity index (χ4n) is 4.16. The Bertz CT molecular complexity index is 1810. The van der Waals surface area contributed by atoms with Gasteiger partial charge in [0.05, 0.1) is 17.3 Å². The van der Waals surface area contributed by atoms with Gasteiger partial charge in [-0.2, -0.15) is 18.3 Å². The second-order valence-electron chi connectivity index (χ2n) is 8.75. The third-order valence-electron chi connectivity index (χ3n) is 6.05. The first-order valence-corrected chi connectivity index (χ1v) is 12.4. The van der Waals surface area contributed by atoms with Gasteiger partial charge in [0.25, 0.3) is 5.91 Å². The molecule has 0 saturated heterocycles. The number of carbonyl (C=O) groups is 2. The van der Waals surface area contributed by atoms with Crippen molar-refractivity contribution in [1.82, 2.24) is 10.4 Å². The van der Waals surface area contributed by atoms with Crippen LogP contribution in [0.25, 0.3) is 22.0 Å². The molecule has 0 atom stereocenters. The van der Waals surface area contributed by atoms with Gasteiger partial charge in [-0.3, -0.25) is 4.79 Å². The van der Waals surface area contributed by atoms with Crippen LogP contribution in [0.2, 0.25) is 5.02 Å². The van der Waals surface area contributed by atoms with Crippen molar-refractivity contribution >= 4 is 40.6 Å². The maximum Gasteiger partial charge on any atom is 0.416 e. The number of fused-ring (bicyclic) bond motifs is 1. The van der Waals surface area contributed by atoms with Crippen LogP contribution in [-0.2, 0) is 6.18 Å². The van der Waals surface area contributed by atoms with Crippen LogP contribution in [0.4, 0.5) is 17.6 Å². The highest BCUT2D eigenvalue weighted by Crippen LogP contribution is 2.37. The number of esters is 1. The smallest absolute Gasteiger partial charge is 0.416 e. The van der Waals surface area contributed by atoms with Gasteiger partial charge in [-0.15, -0.1) is 0 Å². The summed E-state index contributed by atoms with van der Waals surface area (Å²) in [6.07, 6.45) is -3.41. The normalized spacial score (nSPS) is 11.6. The number of halogens is 5. The maximum atomic E-state index is 14.1. The molecule has 4 aromatic carbocycles. The van der Waals surface area contributed by atoms with E-state index in [1.807, 2.05) is 0 Å². The number of benzene rings is 4. The molecule has 0 fully saturated rings. The minimum absolute atomic E-state index is 0.00533. The standard InChI is InChI=1S/C30H18ClF4N3O3/c31-23-10-3-2-9-21(23)26-22-15-20(32)12-13-24(22)37-27(26)28(39)38-36-16-18-6-1-4-11-25(18)41-29(40)17-7-5-8-19(14-17)30(33,34)35/h1-16,37H,(H,38,39). The fourth-order valence-corrected chi connectivity index (χ4v) is 4.39. The first-order valence-electron chi connectivity index (χ1n) is 12.0. The number of aromatic nitrogens is 1. The van der Waals surface area contributed by atoms with E-state index in [1.165, 1.54) is 42.6 Å². The number of carbonyl (C=O) groups excluding carboxylic acids is 2. The zero-order valence-corrected chi connectivity index (χ0v) is 21.6. The number of hydrogen-bond acceptors (Lipinski definition) is 4. The van der Waals surface area contributed by atoms with Crippen molar-refractivity contribution in [3.05, 3.63) is 124 Å². The van der Waals surface area contributed by atoms with E-state index in [2.05, 4.69) is 15.5 Å². The lowest BCUT2D eigenvalue weighted by molar-refractivity contribution is -0.137. The van der Waals surface area contributed by atoms with Crippen molar-refractivity contribution in [2.75, 3.05) is 0 Å². The van der Waals surface area contributed by atoms with Crippen molar-refractivity contribution < 1.29 is 31.9 Å². The summed E-state index contributed by atoms with van der Waals surface area (Å²) in [5.41, 5.74) is 2.85. The summed E-state index contributed by atoms with van der Waals surface area (Å²) in [6, 6.07) is 20.8. The number of nitrogens with one attached hydrogen (secondary N) is 2. The quantitative estimate of drug-likeness (QED) is 0.0713. The van der Waals surface area contributed by atoms with Crippen LogP contribution in [0.5, 0.6) is 5.75 Å². The average molecular weight is 580 g/mol. The van der Waals surface area contributed by atoms with E-state index in [0.717, 1.165) is 12.1 Å². The lowest BCUT2D eigenvalue weighted by Gasteiger charge is -2.10. The van der Waals surface area contributed by atoms with Crippen molar-refractivity contribution in [2.24, 2.45) is 5.10 Å². The van der Waals surface area contributed by atoms with Crippen LogP contribution in [0.1, 0.15) is 32.0 Å². The van der Waals surface area contributed by atoms with Gasteiger partial charge < -0.3 is 9.72 Å². The molecule has 6 nitrogen and oxygen atoms in total. The topological polar surface area (TPSA) is 83.5 Å². The average Bonchev–Trinajstić information content (AvgIpc) is 3.32. The molecule has 41 heavy (non-hydrogen) atoms. The molecule has 206 valence electrons. The molecule has 1 aromatic heterocycles. The van der Waals surface area contributed by atoms with Gasteiger partial charge in [0, 0.05) is 32.6 Å². The van der Waals surface area contributed by atoms with E-state index in [-0.39, 0.29) is 22.6 Å². The Kier molecular flexibility index (Phi) is 7.58. The molecule has 0 spiro atoms. The van der Waals surface area contributed by atoms with Crippen molar-refractivity contribution in [3.63, 3.8) is 0 Å². The van der Waals surface area contributed by atoms with E-state index >= 15 is 0 Å². The minimum atomic E-state index is -4.62. The molecular formula is C30H18ClF4N3O3. The number of aromatic amines is 1. The molecule has 5 rings (SSSR count). The Balaban J connectivity index is 1.39. The molecule has 0 aliphatic rings. The Morgan fingerprint density at radius 3 is 2.46 bits per heavy atom. The highest BCUT2D eigenvalue weighted by molar-refractivity contribution is 6.34. The molecule has 5 aromatic rings. The Morgan fingerprint density at radius 2 is 1.68 bits per heavy atom. The van der Waals surface area contributed by atoms with Gasteiger partial charge in [-0.1, -0.05) is 48.0 Å². The summed E-state index contributed by atoms with van der Waals surface area (Å²) < 4.78 is 58.5.